The Hall–Kier alpha value is -4.24. The van der Waals surface area contributed by atoms with Gasteiger partial charge in [0.1, 0.15) is 11.6 Å². The summed E-state index contributed by atoms with van der Waals surface area (Å²) in [7, 11) is 0. The lowest BCUT2D eigenvalue weighted by Gasteiger charge is -2.09. The second-order valence-electron chi connectivity index (χ2n) is 7.93. The highest BCUT2D eigenvalue weighted by Gasteiger charge is 2.21. The summed E-state index contributed by atoms with van der Waals surface area (Å²) in [5.41, 5.74) is 10.8. The van der Waals surface area contributed by atoms with Crippen molar-refractivity contribution in [2.24, 2.45) is 0 Å². The fourth-order valence-corrected chi connectivity index (χ4v) is 5.30. The summed E-state index contributed by atoms with van der Waals surface area (Å²) < 4.78 is 2.88. The van der Waals surface area contributed by atoms with Crippen LogP contribution in [0, 0.1) is 0 Å². The smallest absolute Gasteiger partial charge is 0.326 e. The van der Waals surface area contributed by atoms with Crippen molar-refractivity contribution in [1.29, 1.82) is 0 Å². The highest BCUT2D eigenvalue weighted by atomic mass is 32.1. The number of nitrogens with one attached hydrogen (secondary N) is 1. The molecule has 0 aliphatic heterocycles. The maximum Gasteiger partial charge on any atom is 0.326 e. The van der Waals surface area contributed by atoms with Crippen molar-refractivity contribution >= 4 is 55.3 Å². The van der Waals surface area contributed by atoms with E-state index in [1.165, 1.54) is 10.1 Å². The van der Waals surface area contributed by atoms with Gasteiger partial charge in [-0.25, -0.2) is 14.8 Å². The topological polar surface area (TPSA) is 123 Å². The summed E-state index contributed by atoms with van der Waals surface area (Å²) in [6.45, 7) is 1.63. The molecule has 2 aromatic carbocycles. The van der Waals surface area contributed by atoms with Gasteiger partial charge in [0.2, 0.25) is 5.95 Å². The maximum atomic E-state index is 11.7. The molecule has 0 amide bonds. The number of anilines is 1. The molecule has 4 N–H and O–H groups in total. The summed E-state index contributed by atoms with van der Waals surface area (Å²) in [6.07, 6.45) is 5.18. The number of nitrogen functional groups attached to an aromatic ring is 1. The largest absolute Gasteiger partial charge is 0.480 e. The highest BCUT2D eigenvalue weighted by Crippen LogP contribution is 2.40. The van der Waals surface area contributed by atoms with E-state index in [2.05, 4.69) is 44.4 Å². The first-order chi connectivity index (χ1) is 16.0. The third kappa shape index (κ3) is 3.05. The fraction of sp³-hybridized carbons (Fsp3) is 0.0833. The molecule has 9 heteroatoms. The van der Waals surface area contributed by atoms with Gasteiger partial charge in [0.05, 0.1) is 23.4 Å². The van der Waals surface area contributed by atoms with Crippen molar-refractivity contribution in [1.82, 2.24) is 24.7 Å². The number of nitrogens with zero attached hydrogens (tertiary/aromatic N) is 4. The lowest BCUT2D eigenvalue weighted by atomic mass is 10.0. The van der Waals surface area contributed by atoms with Crippen LogP contribution in [0.1, 0.15) is 13.0 Å². The number of fused-ring (bicyclic) bond motifs is 3. The SMILES string of the molecule is CC(C(=O)O)n1cc(-c2cc(-c3cc4ccccc4s3)c3[nH]ncc3c2)c2nc(N)ncc21. The molecule has 0 fully saturated rings. The Morgan fingerprint density at radius 1 is 1.15 bits per heavy atom. The van der Waals surface area contributed by atoms with E-state index < -0.39 is 12.0 Å². The summed E-state index contributed by atoms with van der Waals surface area (Å²) in [5.74, 6) is -0.801. The molecule has 4 aromatic heterocycles. The number of thiophene rings is 1. The van der Waals surface area contributed by atoms with Crippen molar-refractivity contribution in [3.8, 4) is 21.6 Å². The second kappa shape index (κ2) is 7.14. The molecule has 162 valence electrons. The van der Waals surface area contributed by atoms with Gasteiger partial charge >= 0.3 is 5.97 Å². The zero-order chi connectivity index (χ0) is 22.7. The van der Waals surface area contributed by atoms with Crippen LogP contribution < -0.4 is 5.73 Å². The van der Waals surface area contributed by atoms with Crippen LogP contribution in [-0.4, -0.2) is 35.8 Å². The molecule has 0 saturated heterocycles. The van der Waals surface area contributed by atoms with E-state index in [1.807, 2.05) is 24.4 Å². The third-order valence-electron chi connectivity index (χ3n) is 5.92. The van der Waals surface area contributed by atoms with Crippen LogP contribution in [0.15, 0.2) is 61.1 Å². The predicted molar refractivity (Wildman–Crippen MR) is 130 cm³/mol. The summed E-state index contributed by atoms with van der Waals surface area (Å²) in [5, 5.41) is 19.1. The number of hydrogen-bond acceptors (Lipinski definition) is 6. The molecule has 0 saturated carbocycles. The lowest BCUT2D eigenvalue weighted by Crippen LogP contribution is -2.14. The van der Waals surface area contributed by atoms with Gasteiger partial charge < -0.3 is 15.4 Å². The first-order valence-electron chi connectivity index (χ1n) is 10.3. The van der Waals surface area contributed by atoms with Crippen molar-refractivity contribution in [2.75, 3.05) is 5.73 Å². The number of H-pyrrole nitrogens is 1. The van der Waals surface area contributed by atoms with E-state index in [4.69, 9.17) is 5.73 Å². The Morgan fingerprint density at radius 3 is 2.82 bits per heavy atom. The van der Waals surface area contributed by atoms with Gasteiger partial charge in [-0.3, -0.25) is 5.10 Å². The first kappa shape index (κ1) is 19.4. The highest BCUT2D eigenvalue weighted by molar-refractivity contribution is 7.22. The molecule has 0 aliphatic carbocycles. The molecule has 8 nitrogen and oxygen atoms in total. The van der Waals surface area contributed by atoms with Gasteiger partial charge in [-0.2, -0.15) is 5.10 Å². The molecule has 4 heterocycles. The van der Waals surface area contributed by atoms with Gasteiger partial charge in [-0.15, -0.1) is 11.3 Å². The van der Waals surface area contributed by atoms with Gasteiger partial charge in [0.15, 0.2) is 0 Å². The molecule has 6 aromatic rings. The molecule has 1 atom stereocenters. The van der Waals surface area contributed by atoms with Crippen LogP contribution in [0.25, 0.3) is 53.6 Å². The average Bonchev–Trinajstić information content (AvgIpc) is 3.53. The van der Waals surface area contributed by atoms with Crippen molar-refractivity contribution < 1.29 is 9.90 Å². The van der Waals surface area contributed by atoms with E-state index in [0.717, 1.165) is 32.5 Å². The quantitative estimate of drug-likeness (QED) is 0.341. The van der Waals surface area contributed by atoms with E-state index in [0.29, 0.717) is 11.0 Å². The van der Waals surface area contributed by atoms with Gasteiger partial charge in [0.25, 0.3) is 0 Å². The Morgan fingerprint density at radius 2 is 2.00 bits per heavy atom. The van der Waals surface area contributed by atoms with Crippen molar-refractivity contribution in [3.05, 3.63) is 61.1 Å². The molecule has 0 radical (unpaired) electrons. The number of hydrogen-bond donors (Lipinski definition) is 3. The summed E-state index contributed by atoms with van der Waals surface area (Å²) in [4.78, 5) is 21.4. The van der Waals surface area contributed by atoms with Crippen LogP contribution in [0.4, 0.5) is 5.95 Å². The normalized spacial score (nSPS) is 12.6. The van der Waals surface area contributed by atoms with Crippen LogP contribution >= 0.6 is 11.3 Å². The third-order valence-corrected chi connectivity index (χ3v) is 7.06. The number of aromatic amines is 1. The Bertz CT molecular complexity index is 1660. The maximum absolute atomic E-state index is 11.7. The van der Waals surface area contributed by atoms with Gasteiger partial charge in [-0.1, -0.05) is 18.2 Å². The van der Waals surface area contributed by atoms with Gasteiger partial charge in [0, 0.05) is 32.3 Å². The average molecular weight is 455 g/mol. The van der Waals surface area contributed by atoms with Crippen LogP contribution in [-0.2, 0) is 4.79 Å². The number of carbonyl (C=O) groups is 1. The second-order valence-corrected chi connectivity index (χ2v) is 9.02. The summed E-state index contributed by atoms with van der Waals surface area (Å²) >= 11 is 1.72. The molecular formula is C24H18N6O2S. The summed E-state index contributed by atoms with van der Waals surface area (Å²) in [6, 6.07) is 13.8. The van der Waals surface area contributed by atoms with Gasteiger partial charge in [-0.05, 0) is 42.1 Å². The van der Waals surface area contributed by atoms with Crippen LogP contribution in [0.5, 0.6) is 0 Å². The molecular weight excluding hydrogens is 436 g/mol. The molecule has 0 aliphatic rings. The lowest BCUT2D eigenvalue weighted by molar-refractivity contribution is -0.140. The minimum absolute atomic E-state index is 0.138. The number of benzene rings is 2. The Kier molecular flexibility index (Phi) is 4.21. The molecule has 1 unspecified atom stereocenters. The number of aromatic nitrogens is 5. The predicted octanol–water partition coefficient (Wildman–Crippen LogP) is 5.08. The number of carboxylic acids is 1. The minimum atomic E-state index is -0.938. The molecule has 33 heavy (non-hydrogen) atoms. The fourth-order valence-electron chi connectivity index (χ4n) is 4.22. The number of aliphatic carboxylic acids is 1. The molecule has 0 bridgehead atoms. The Balaban J connectivity index is 1.63. The van der Waals surface area contributed by atoms with E-state index in [9.17, 15) is 9.90 Å². The Labute approximate surface area is 191 Å². The standard InChI is InChI=1S/C24H18N6O2S/c1-12(23(31)32)30-11-17(22-18(30)10-26-24(25)28-22)14-6-15-9-27-29-21(15)16(7-14)20-8-13-4-2-3-5-19(13)33-20/h2-12H,1H3,(H,27,29)(H,31,32)(H2,25,26,28). The van der Waals surface area contributed by atoms with Crippen LogP contribution in [0.3, 0.4) is 0 Å². The monoisotopic (exact) mass is 454 g/mol. The van der Waals surface area contributed by atoms with E-state index in [-0.39, 0.29) is 5.95 Å². The van der Waals surface area contributed by atoms with Crippen molar-refractivity contribution in [3.63, 3.8) is 0 Å². The zero-order valence-corrected chi connectivity index (χ0v) is 18.3. The number of rotatable bonds is 4. The van der Waals surface area contributed by atoms with E-state index in [1.54, 1.807) is 35.2 Å². The van der Waals surface area contributed by atoms with Crippen LogP contribution in [0.2, 0.25) is 0 Å². The first-order valence-corrected chi connectivity index (χ1v) is 11.1. The molecule has 0 spiro atoms. The minimum Gasteiger partial charge on any atom is -0.480 e. The molecule has 6 rings (SSSR count). The van der Waals surface area contributed by atoms with Crippen molar-refractivity contribution in [2.45, 2.75) is 13.0 Å². The zero-order valence-electron chi connectivity index (χ0n) is 17.5. The van der Waals surface area contributed by atoms with E-state index >= 15 is 0 Å². The number of nitrogens with two attached hydrogens (primary N) is 1. The number of carboxylic acid groups (broad SMARTS) is 1.